The van der Waals surface area contributed by atoms with Gasteiger partial charge in [0.15, 0.2) is 11.5 Å². The van der Waals surface area contributed by atoms with E-state index in [9.17, 15) is 4.79 Å². The van der Waals surface area contributed by atoms with Gasteiger partial charge in [-0.1, -0.05) is 0 Å². The van der Waals surface area contributed by atoms with E-state index in [4.69, 9.17) is 15.2 Å². The van der Waals surface area contributed by atoms with E-state index in [2.05, 4.69) is 4.74 Å². The number of methoxy groups -OCH3 is 3. The summed E-state index contributed by atoms with van der Waals surface area (Å²) in [5.74, 6) is 0.689. The van der Waals surface area contributed by atoms with E-state index >= 15 is 0 Å². The number of ether oxygens (including phenoxy) is 3. The Bertz CT molecular complexity index is 404. The molecule has 0 aliphatic heterocycles. The quantitative estimate of drug-likeness (QED) is 0.776. The maximum absolute atomic E-state index is 11.5. The Hall–Kier alpha value is -1.75. The average Bonchev–Trinajstić information content (AvgIpc) is 2.37. The van der Waals surface area contributed by atoms with Crippen molar-refractivity contribution in [2.45, 2.75) is 6.42 Å². The van der Waals surface area contributed by atoms with Crippen LogP contribution in [0.3, 0.4) is 0 Å². The normalized spacial score (nSPS) is 9.88. The van der Waals surface area contributed by atoms with Gasteiger partial charge in [-0.05, 0) is 25.1 Å². The van der Waals surface area contributed by atoms with Crippen LogP contribution in [0.2, 0.25) is 0 Å². The molecule has 0 radical (unpaired) electrons. The van der Waals surface area contributed by atoms with Gasteiger partial charge in [0.05, 0.1) is 26.9 Å². The predicted molar refractivity (Wildman–Crippen MR) is 63.6 cm³/mol. The highest BCUT2D eigenvalue weighted by Gasteiger charge is 2.15. The van der Waals surface area contributed by atoms with Crippen LogP contribution in [-0.4, -0.2) is 33.8 Å². The molecule has 2 N–H and O–H groups in total. The third-order valence-electron chi connectivity index (χ3n) is 2.39. The first-order valence-corrected chi connectivity index (χ1v) is 5.21. The lowest BCUT2D eigenvalue weighted by Gasteiger charge is -2.13. The van der Waals surface area contributed by atoms with Gasteiger partial charge in [-0.3, -0.25) is 0 Å². The van der Waals surface area contributed by atoms with Crippen molar-refractivity contribution in [3.8, 4) is 11.5 Å². The predicted octanol–water partition coefficient (Wildman–Crippen LogP) is 0.992. The third kappa shape index (κ3) is 2.88. The Morgan fingerprint density at radius 3 is 2.41 bits per heavy atom. The topological polar surface area (TPSA) is 70.8 Å². The summed E-state index contributed by atoms with van der Waals surface area (Å²) in [5, 5.41) is 0. The molecule has 0 aliphatic rings. The van der Waals surface area contributed by atoms with Crippen molar-refractivity contribution < 1.29 is 19.0 Å². The molecule has 0 spiro atoms. The second-order valence-corrected chi connectivity index (χ2v) is 3.40. The Morgan fingerprint density at radius 1 is 1.24 bits per heavy atom. The van der Waals surface area contributed by atoms with E-state index in [1.807, 2.05) is 0 Å². The summed E-state index contributed by atoms with van der Waals surface area (Å²) in [6.07, 6.45) is 0.602. The highest BCUT2D eigenvalue weighted by atomic mass is 16.5. The van der Waals surface area contributed by atoms with Crippen molar-refractivity contribution in [2.24, 2.45) is 5.73 Å². The van der Waals surface area contributed by atoms with Crippen molar-refractivity contribution in [2.75, 3.05) is 27.9 Å². The minimum absolute atomic E-state index is 0.413. The maximum atomic E-state index is 11.5. The number of hydrogen-bond donors (Lipinski definition) is 1. The molecule has 0 fully saturated rings. The van der Waals surface area contributed by atoms with Gasteiger partial charge in [0.25, 0.3) is 0 Å². The molecular weight excluding hydrogens is 222 g/mol. The van der Waals surface area contributed by atoms with Crippen LogP contribution in [0.5, 0.6) is 11.5 Å². The van der Waals surface area contributed by atoms with Crippen molar-refractivity contribution in [3.05, 3.63) is 23.3 Å². The van der Waals surface area contributed by atoms with E-state index in [0.717, 1.165) is 5.56 Å². The molecule has 0 aliphatic carbocycles. The van der Waals surface area contributed by atoms with Crippen LogP contribution >= 0.6 is 0 Å². The smallest absolute Gasteiger partial charge is 0.337 e. The van der Waals surface area contributed by atoms with Crippen molar-refractivity contribution in [1.29, 1.82) is 0 Å². The fraction of sp³-hybridized carbons (Fsp3) is 0.417. The molecule has 1 aromatic rings. The van der Waals surface area contributed by atoms with Gasteiger partial charge >= 0.3 is 5.97 Å². The number of hydrogen-bond acceptors (Lipinski definition) is 5. The van der Waals surface area contributed by atoms with Crippen molar-refractivity contribution in [1.82, 2.24) is 0 Å². The minimum Gasteiger partial charge on any atom is -0.493 e. The summed E-state index contributed by atoms with van der Waals surface area (Å²) in [6, 6.07) is 3.30. The van der Waals surface area contributed by atoms with E-state index in [-0.39, 0.29) is 0 Å². The molecular formula is C12H17NO4. The highest BCUT2D eigenvalue weighted by Crippen LogP contribution is 2.33. The van der Waals surface area contributed by atoms with Gasteiger partial charge in [-0.2, -0.15) is 0 Å². The van der Waals surface area contributed by atoms with Crippen LogP contribution in [-0.2, 0) is 11.2 Å². The molecule has 94 valence electrons. The molecule has 1 rings (SSSR count). The van der Waals surface area contributed by atoms with Crippen LogP contribution in [0.25, 0.3) is 0 Å². The zero-order valence-corrected chi connectivity index (χ0v) is 10.3. The lowest BCUT2D eigenvalue weighted by molar-refractivity contribution is 0.0600. The molecule has 0 amide bonds. The Kier molecular flexibility index (Phi) is 4.78. The van der Waals surface area contributed by atoms with E-state index in [1.54, 1.807) is 19.2 Å². The molecule has 5 nitrogen and oxygen atoms in total. The van der Waals surface area contributed by atoms with Gasteiger partial charge in [0.1, 0.15) is 0 Å². The first kappa shape index (κ1) is 13.3. The monoisotopic (exact) mass is 239 g/mol. The molecule has 5 heteroatoms. The van der Waals surface area contributed by atoms with Gasteiger partial charge in [0.2, 0.25) is 0 Å². The number of nitrogens with two attached hydrogens (primary N) is 1. The van der Waals surface area contributed by atoms with Crippen molar-refractivity contribution >= 4 is 5.97 Å². The number of esters is 1. The second-order valence-electron chi connectivity index (χ2n) is 3.40. The molecule has 0 unspecified atom stereocenters. The average molecular weight is 239 g/mol. The van der Waals surface area contributed by atoms with Gasteiger partial charge < -0.3 is 19.9 Å². The fourth-order valence-electron chi connectivity index (χ4n) is 1.62. The van der Waals surface area contributed by atoms with E-state index in [0.29, 0.717) is 30.0 Å². The number of carbonyl (C=O) groups excluding carboxylic acids is 1. The van der Waals surface area contributed by atoms with Crippen LogP contribution in [0.15, 0.2) is 12.1 Å². The highest BCUT2D eigenvalue weighted by molar-refractivity contribution is 5.90. The molecule has 17 heavy (non-hydrogen) atoms. The third-order valence-corrected chi connectivity index (χ3v) is 2.39. The summed E-state index contributed by atoms with van der Waals surface area (Å²) in [4.78, 5) is 11.5. The lowest BCUT2D eigenvalue weighted by Crippen LogP contribution is -2.08. The lowest BCUT2D eigenvalue weighted by atomic mass is 10.1. The molecule has 0 bridgehead atoms. The summed E-state index contributed by atoms with van der Waals surface area (Å²) < 4.78 is 15.1. The fourth-order valence-corrected chi connectivity index (χ4v) is 1.62. The maximum Gasteiger partial charge on any atom is 0.337 e. The standard InChI is InChI=1S/C12H17NO4/c1-15-10-7-9(12(14)17-3)6-8(4-5-13)11(10)16-2/h6-7H,4-5,13H2,1-3H3. The van der Waals surface area contributed by atoms with Gasteiger partial charge in [-0.25, -0.2) is 4.79 Å². The molecule has 0 atom stereocenters. The second kappa shape index (κ2) is 6.10. The summed E-state index contributed by atoms with van der Waals surface area (Å²) in [6.45, 7) is 0.462. The first-order valence-electron chi connectivity index (χ1n) is 5.21. The number of rotatable bonds is 5. The minimum atomic E-state index is -0.413. The Morgan fingerprint density at radius 2 is 1.94 bits per heavy atom. The van der Waals surface area contributed by atoms with Crippen LogP contribution in [0.4, 0.5) is 0 Å². The molecule has 0 aromatic heterocycles. The zero-order chi connectivity index (χ0) is 12.8. The number of carbonyl (C=O) groups is 1. The van der Waals surface area contributed by atoms with Crippen LogP contribution in [0.1, 0.15) is 15.9 Å². The van der Waals surface area contributed by atoms with Crippen LogP contribution < -0.4 is 15.2 Å². The molecule has 0 saturated carbocycles. The molecule has 0 saturated heterocycles. The Balaban J connectivity index is 3.28. The van der Waals surface area contributed by atoms with Crippen molar-refractivity contribution in [3.63, 3.8) is 0 Å². The van der Waals surface area contributed by atoms with Crippen LogP contribution in [0, 0.1) is 0 Å². The number of benzene rings is 1. The Labute approximate surface area is 100 Å². The van der Waals surface area contributed by atoms with E-state index in [1.165, 1.54) is 14.2 Å². The first-order chi connectivity index (χ1) is 8.17. The SMILES string of the molecule is COC(=O)c1cc(CCN)c(OC)c(OC)c1. The largest absolute Gasteiger partial charge is 0.493 e. The zero-order valence-electron chi connectivity index (χ0n) is 10.3. The molecule has 1 aromatic carbocycles. The summed E-state index contributed by atoms with van der Waals surface area (Å²) >= 11 is 0. The summed E-state index contributed by atoms with van der Waals surface area (Å²) in [5.41, 5.74) is 6.77. The van der Waals surface area contributed by atoms with Gasteiger partial charge in [0, 0.05) is 5.56 Å². The molecule has 0 heterocycles. The van der Waals surface area contributed by atoms with E-state index < -0.39 is 5.97 Å². The summed E-state index contributed by atoms with van der Waals surface area (Å²) in [7, 11) is 4.41. The van der Waals surface area contributed by atoms with Gasteiger partial charge in [-0.15, -0.1) is 0 Å².